The summed E-state index contributed by atoms with van der Waals surface area (Å²) in [6.45, 7) is 4.32. The van der Waals surface area contributed by atoms with Crippen molar-refractivity contribution in [2.75, 3.05) is 13.1 Å². The van der Waals surface area contributed by atoms with Gasteiger partial charge in [0.25, 0.3) is 0 Å². The largest absolute Gasteiger partial charge is 0.459 e. The van der Waals surface area contributed by atoms with Gasteiger partial charge in [-0.25, -0.2) is 22.8 Å². The number of aryl methyl sites for hydroxylation is 2. The van der Waals surface area contributed by atoms with Crippen LogP contribution in [0.5, 0.6) is 6.01 Å². The van der Waals surface area contributed by atoms with Crippen LogP contribution in [0.2, 0.25) is 0 Å². The average molecular weight is 365 g/mol. The number of piperidine rings is 1. The fourth-order valence-corrected chi connectivity index (χ4v) is 4.67. The van der Waals surface area contributed by atoms with E-state index in [1.54, 1.807) is 13.0 Å². The second-order valence-corrected chi connectivity index (χ2v) is 8.10. The summed E-state index contributed by atoms with van der Waals surface area (Å²) < 4.78 is 45.9. The second-order valence-electron chi connectivity index (χ2n) is 6.20. The summed E-state index contributed by atoms with van der Waals surface area (Å²) in [6, 6.07) is 5.45. The molecule has 0 spiro atoms. The van der Waals surface area contributed by atoms with Gasteiger partial charge in [0, 0.05) is 6.54 Å². The van der Waals surface area contributed by atoms with E-state index in [-0.39, 0.29) is 18.7 Å². The van der Waals surface area contributed by atoms with E-state index in [0.717, 1.165) is 23.5 Å². The van der Waals surface area contributed by atoms with Gasteiger partial charge in [0.15, 0.2) is 5.82 Å². The summed E-state index contributed by atoms with van der Waals surface area (Å²) in [6.07, 6.45) is 3.06. The first kappa shape index (κ1) is 17.8. The minimum Gasteiger partial charge on any atom is -0.459 e. The van der Waals surface area contributed by atoms with Crippen molar-refractivity contribution in [1.29, 1.82) is 0 Å². The van der Waals surface area contributed by atoms with E-state index in [2.05, 4.69) is 9.97 Å². The van der Waals surface area contributed by atoms with Gasteiger partial charge in [0.1, 0.15) is 6.10 Å². The zero-order valence-corrected chi connectivity index (χ0v) is 15.0. The fourth-order valence-electron chi connectivity index (χ4n) is 2.85. The van der Waals surface area contributed by atoms with Crippen LogP contribution >= 0.6 is 0 Å². The summed E-state index contributed by atoms with van der Waals surface area (Å²) in [4.78, 5) is 7.86. The molecule has 1 aliphatic heterocycles. The number of rotatable bonds is 4. The molecule has 1 atom stereocenters. The van der Waals surface area contributed by atoms with Gasteiger partial charge in [-0.3, -0.25) is 0 Å². The molecule has 0 saturated carbocycles. The first-order valence-corrected chi connectivity index (χ1v) is 9.52. The number of benzene rings is 1. The van der Waals surface area contributed by atoms with Crippen LogP contribution in [-0.4, -0.2) is 41.9 Å². The molecular formula is C17H20FN3O3S. The van der Waals surface area contributed by atoms with Gasteiger partial charge in [-0.2, -0.15) is 4.31 Å². The Kier molecular flexibility index (Phi) is 5.01. The number of hydrogen-bond acceptors (Lipinski definition) is 5. The van der Waals surface area contributed by atoms with E-state index in [9.17, 15) is 12.8 Å². The number of aromatic nitrogens is 2. The van der Waals surface area contributed by atoms with Crippen molar-refractivity contribution in [3.05, 3.63) is 47.5 Å². The lowest BCUT2D eigenvalue weighted by atomic mass is 10.1. The van der Waals surface area contributed by atoms with Gasteiger partial charge in [0.05, 0.1) is 23.8 Å². The Hall–Kier alpha value is -2.06. The zero-order chi connectivity index (χ0) is 18.0. The SMILES string of the molecule is Cc1ccc(C)c(S(=O)(=O)N2CCCC(Oc3ncc(F)cn3)C2)c1. The molecular weight excluding hydrogens is 345 g/mol. The minimum atomic E-state index is -3.59. The number of nitrogens with zero attached hydrogens (tertiary/aromatic N) is 3. The van der Waals surface area contributed by atoms with Crippen LogP contribution in [0.3, 0.4) is 0 Å². The van der Waals surface area contributed by atoms with Crippen LogP contribution in [-0.2, 0) is 10.0 Å². The fraction of sp³-hybridized carbons (Fsp3) is 0.412. The predicted molar refractivity (Wildman–Crippen MR) is 90.3 cm³/mol. The molecule has 0 aliphatic carbocycles. The van der Waals surface area contributed by atoms with E-state index in [1.165, 1.54) is 4.31 Å². The van der Waals surface area contributed by atoms with Crippen molar-refractivity contribution in [3.8, 4) is 6.01 Å². The molecule has 0 N–H and O–H groups in total. The third-order valence-corrected chi connectivity index (χ3v) is 6.18. The highest BCUT2D eigenvalue weighted by Crippen LogP contribution is 2.25. The number of sulfonamides is 1. The van der Waals surface area contributed by atoms with Crippen molar-refractivity contribution < 1.29 is 17.5 Å². The lowest BCUT2D eigenvalue weighted by Crippen LogP contribution is -2.44. The summed E-state index contributed by atoms with van der Waals surface area (Å²) >= 11 is 0. The molecule has 1 fully saturated rings. The third kappa shape index (κ3) is 3.96. The lowest BCUT2D eigenvalue weighted by Gasteiger charge is -2.31. The lowest BCUT2D eigenvalue weighted by molar-refractivity contribution is 0.119. The summed E-state index contributed by atoms with van der Waals surface area (Å²) in [5.41, 5.74) is 1.62. The molecule has 2 aromatic rings. The van der Waals surface area contributed by atoms with Crippen LogP contribution < -0.4 is 4.74 Å². The Balaban J connectivity index is 1.78. The van der Waals surface area contributed by atoms with E-state index in [4.69, 9.17) is 4.74 Å². The van der Waals surface area contributed by atoms with Crippen molar-refractivity contribution in [2.45, 2.75) is 37.7 Å². The molecule has 25 heavy (non-hydrogen) atoms. The number of ether oxygens (including phenoxy) is 1. The van der Waals surface area contributed by atoms with Crippen LogP contribution in [0, 0.1) is 19.7 Å². The molecule has 0 radical (unpaired) electrons. The third-order valence-electron chi connectivity index (χ3n) is 4.17. The van der Waals surface area contributed by atoms with E-state index >= 15 is 0 Å². The van der Waals surface area contributed by atoms with Crippen molar-refractivity contribution in [3.63, 3.8) is 0 Å². The summed E-state index contributed by atoms with van der Waals surface area (Å²) in [7, 11) is -3.59. The van der Waals surface area contributed by atoms with Gasteiger partial charge in [-0.15, -0.1) is 0 Å². The maximum atomic E-state index is 13.0. The first-order chi connectivity index (χ1) is 11.9. The molecule has 1 unspecified atom stereocenters. The second kappa shape index (κ2) is 7.05. The summed E-state index contributed by atoms with van der Waals surface area (Å²) in [5, 5.41) is 0. The molecule has 1 aromatic carbocycles. The van der Waals surface area contributed by atoms with Gasteiger partial charge < -0.3 is 4.74 Å². The topological polar surface area (TPSA) is 72.4 Å². The van der Waals surface area contributed by atoms with Crippen LogP contribution in [0.25, 0.3) is 0 Å². The van der Waals surface area contributed by atoms with Gasteiger partial charge >= 0.3 is 6.01 Å². The van der Waals surface area contributed by atoms with E-state index in [0.29, 0.717) is 24.3 Å². The first-order valence-electron chi connectivity index (χ1n) is 8.08. The van der Waals surface area contributed by atoms with E-state index < -0.39 is 15.8 Å². The van der Waals surface area contributed by atoms with Crippen LogP contribution in [0.1, 0.15) is 24.0 Å². The van der Waals surface area contributed by atoms with Gasteiger partial charge in [-0.05, 0) is 43.9 Å². The Bertz CT molecular complexity index is 856. The van der Waals surface area contributed by atoms with Crippen molar-refractivity contribution in [1.82, 2.24) is 14.3 Å². The molecule has 0 amide bonds. The molecule has 1 aliphatic rings. The highest BCUT2D eigenvalue weighted by atomic mass is 32.2. The van der Waals surface area contributed by atoms with Crippen molar-refractivity contribution in [2.24, 2.45) is 0 Å². The van der Waals surface area contributed by atoms with Crippen molar-refractivity contribution >= 4 is 10.0 Å². The molecule has 6 nitrogen and oxygen atoms in total. The molecule has 1 aromatic heterocycles. The number of halogens is 1. The Morgan fingerprint density at radius 2 is 1.96 bits per heavy atom. The maximum Gasteiger partial charge on any atom is 0.316 e. The average Bonchev–Trinajstić information content (AvgIpc) is 2.59. The normalized spacial score (nSPS) is 18.9. The van der Waals surface area contributed by atoms with Gasteiger partial charge in [-0.1, -0.05) is 12.1 Å². The molecule has 1 saturated heterocycles. The maximum absolute atomic E-state index is 13.0. The molecule has 3 rings (SSSR count). The highest BCUT2D eigenvalue weighted by molar-refractivity contribution is 7.89. The molecule has 134 valence electrons. The van der Waals surface area contributed by atoms with Gasteiger partial charge in [0.2, 0.25) is 10.0 Å². The smallest absolute Gasteiger partial charge is 0.316 e. The number of hydrogen-bond donors (Lipinski definition) is 0. The highest BCUT2D eigenvalue weighted by Gasteiger charge is 2.32. The Labute approximate surface area is 146 Å². The van der Waals surface area contributed by atoms with Crippen LogP contribution in [0.15, 0.2) is 35.5 Å². The standard InChI is InChI=1S/C17H20FN3O3S/c1-12-5-6-13(2)16(8-12)25(22,23)21-7-3-4-15(11-21)24-17-19-9-14(18)10-20-17/h5-6,8-10,15H,3-4,7,11H2,1-2H3. The van der Waals surface area contributed by atoms with Crippen LogP contribution in [0.4, 0.5) is 4.39 Å². The molecule has 0 bridgehead atoms. The molecule has 2 heterocycles. The quantitative estimate of drug-likeness (QED) is 0.832. The Morgan fingerprint density at radius 3 is 2.68 bits per heavy atom. The Morgan fingerprint density at radius 1 is 1.24 bits per heavy atom. The predicted octanol–water partition coefficient (Wildman–Crippen LogP) is 2.46. The summed E-state index contributed by atoms with van der Waals surface area (Å²) in [5.74, 6) is -0.546. The minimum absolute atomic E-state index is 0.0531. The van der Waals surface area contributed by atoms with E-state index in [1.807, 2.05) is 19.1 Å². The molecule has 8 heteroatoms. The monoisotopic (exact) mass is 365 g/mol. The zero-order valence-electron chi connectivity index (χ0n) is 14.1.